The molecule has 0 unspecified atom stereocenters. The van der Waals surface area contributed by atoms with E-state index in [2.05, 4.69) is 14.8 Å². The van der Waals surface area contributed by atoms with E-state index in [1.54, 1.807) is 26.0 Å². The van der Waals surface area contributed by atoms with Gasteiger partial charge in [-0.05, 0) is 37.1 Å². The van der Waals surface area contributed by atoms with Crippen molar-refractivity contribution in [3.8, 4) is 5.75 Å². The van der Waals surface area contributed by atoms with Crippen LogP contribution >= 0.6 is 0 Å². The first-order valence-corrected chi connectivity index (χ1v) is 9.04. The standard InChI is InChI=1S/C15H13NO4.C6H11NO4/c1-9-6-12(7-10(2)14(9)17)15(18)11-4-3-5-13(8-11)16(19)20;1-10-5(8)3-7-4-6(9)11-2/h3-8,17H,1-2H3;7H,3-4H2,1-2H3. The summed E-state index contributed by atoms with van der Waals surface area (Å²) in [5.74, 6) is -0.969. The van der Waals surface area contributed by atoms with Crippen LogP contribution in [0.15, 0.2) is 36.4 Å². The number of phenolic OH excluding ortho intramolecular Hbond substituents is 1. The van der Waals surface area contributed by atoms with Crippen LogP contribution in [-0.4, -0.2) is 55.1 Å². The number of phenols is 1. The molecular formula is C21H24N2O8. The Kier molecular flexibility index (Phi) is 9.80. The summed E-state index contributed by atoms with van der Waals surface area (Å²) in [6.07, 6.45) is 0. The molecule has 31 heavy (non-hydrogen) atoms. The highest BCUT2D eigenvalue weighted by molar-refractivity contribution is 6.09. The molecule has 0 fully saturated rings. The minimum absolute atomic E-state index is 0.0194. The van der Waals surface area contributed by atoms with Crippen molar-refractivity contribution in [1.82, 2.24) is 5.32 Å². The van der Waals surface area contributed by atoms with Crippen LogP contribution in [0.2, 0.25) is 0 Å². The number of aromatic hydroxyl groups is 1. The first kappa shape index (κ1) is 25.2. The number of carbonyl (C=O) groups excluding carboxylic acids is 3. The number of nitro benzene ring substituents is 1. The Morgan fingerprint density at radius 3 is 1.94 bits per heavy atom. The Morgan fingerprint density at radius 2 is 1.48 bits per heavy atom. The second-order valence-corrected chi connectivity index (χ2v) is 6.35. The van der Waals surface area contributed by atoms with Crippen LogP contribution in [0.25, 0.3) is 0 Å². The Bertz CT molecular complexity index is 933. The van der Waals surface area contributed by atoms with Crippen LogP contribution in [0.3, 0.4) is 0 Å². The van der Waals surface area contributed by atoms with E-state index in [4.69, 9.17) is 0 Å². The molecule has 2 N–H and O–H groups in total. The fourth-order valence-electron chi connectivity index (χ4n) is 2.43. The molecule has 2 aromatic carbocycles. The predicted molar refractivity (Wildman–Crippen MR) is 111 cm³/mol. The van der Waals surface area contributed by atoms with Crippen molar-refractivity contribution in [2.75, 3.05) is 27.3 Å². The number of ketones is 1. The number of methoxy groups -OCH3 is 2. The maximum atomic E-state index is 12.3. The van der Waals surface area contributed by atoms with Crippen molar-refractivity contribution in [2.45, 2.75) is 13.8 Å². The lowest BCUT2D eigenvalue weighted by atomic mass is 9.98. The number of non-ortho nitro benzene ring substituents is 1. The van der Waals surface area contributed by atoms with Gasteiger partial charge in [0.05, 0.1) is 32.2 Å². The topological polar surface area (TPSA) is 145 Å². The van der Waals surface area contributed by atoms with E-state index < -0.39 is 16.9 Å². The third-order valence-corrected chi connectivity index (χ3v) is 4.07. The number of nitro groups is 1. The molecule has 0 radical (unpaired) electrons. The number of carbonyl (C=O) groups is 3. The van der Waals surface area contributed by atoms with E-state index in [0.717, 1.165) is 0 Å². The highest BCUT2D eigenvalue weighted by Gasteiger charge is 2.15. The van der Waals surface area contributed by atoms with Gasteiger partial charge in [-0.1, -0.05) is 12.1 Å². The van der Waals surface area contributed by atoms with Gasteiger partial charge in [0.15, 0.2) is 5.78 Å². The summed E-state index contributed by atoms with van der Waals surface area (Å²) in [6, 6.07) is 8.75. The Hall–Kier alpha value is -3.79. The maximum Gasteiger partial charge on any atom is 0.319 e. The average molecular weight is 432 g/mol. The highest BCUT2D eigenvalue weighted by Crippen LogP contribution is 2.25. The first-order valence-electron chi connectivity index (χ1n) is 9.04. The van der Waals surface area contributed by atoms with Gasteiger partial charge in [0, 0.05) is 23.3 Å². The lowest BCUT2D eigenvalue weighted by Gasteiger charge is -2.07. The molecule has 2 aromatic rings. The van der Waals surface area contributed by atoms with Gasteiger partial charge in [-0.25, -0.2) is 0 Å². The lowest BCUT2D eigenvalue weighted by Crippen LogP contribution is -2.29. The smallest absolute Gasteiger partial charge is 0.319 e. The molecule has 0 atom stereocenters. The van der Waals surface area contributed by atoms with Crippen LogP contribution in [0.4, 0.5) is 5.69 Å². The molecule has 0 amide bonds. The second-order valence-electron chi connectivity index (χ2n) is 6.35. The summed E-state index contributed by atoms with van der Waals surface area (Å²) in [5.41, 5.74) is 1.72. The number of benzene rings is 2. The van der Waals surface area contributed by atoms with Crippen LogP contribution < -0.4 is 5.32 Å². The van der Waals surface area contributed by atoms with Crippen LogP contribution in [0, 0.1) is 24.0 Å². The number of hydrogen-bond donors (Lipinski definition) is 2. The third kappa shape index (κ3) is 7.86. The SMILES string of the molecule is COC(=O)CNCC(=O)OC.Cc1cc(C(=O)c2cccc([N+](=O)[O-])c2)cc(C)c1O. The lowest BCUT2D eigenvalue weighted by molar-refractivity contribution is -0.384. The monoisotopic (exact) mass is 432 g/mol. The van der Waals surface area contributed by atoms with Crippen LogP contribution in [0.1, 0.15) is 27.0 Å². The van der Waals surface area contributed by atoms with E-state index in [-0.39, 0.29) is 35.9 Å². The van der Waals surface area contributed by atoms with E-state index in [1.807, 2.05) is 0 Å². The number of rotatable bonds is 7. The van der Waals surface area contributed by atoms with Gasteiger partial charge < -0.3 is 14.6 Å². The van der Waals surface area contributed by atoms with Gasteiger partial charge in [0.25, 0.3) is 5.69 Å². The first-order chi connectivity index (χ1) is 14.6. The molecule has 10 nitrogen and oxygen atoms in total. The average Bonchev–Trinajstić information content (AvgIpc) is 2.76. The molecule has 0 aliphatic rings. The molecule has 0 aromatic heterocycles. The minimum Gasteiger partial charge on any atom is -0.507 e. The Morgan fingerprint density at radius 1 is 0.968 bits per heavy atom. The Balaban J connectivity index is 0.000000373. The number of nitrogens with one attached hydrogen (secondary N) is 1. The normalized spacial score (nSPS) is 9.81. The number of aryl methyl sites for hydroxylation is 2. The summed E-state index contributed by atoms with van der Waals surface area (Å²) in [5, 5.41) is 23.0. The third-order valence-electron chi connectivity index (χ3n) is 4.07. The van der Waals surface area contributed by atoms with Gasteiger partial charge in [-0.3, -0.25) is 29.8 Å². The minimum atomic E-state index is -0.538. The Labute approximate surface area is 178 Å². The number of hydrogen-bond acceptors (Lipinski definition) is 9. The van der Waals surface area contributed by atoms with E-state index in [9.17, 15) is 29.6 Å². The summed E-state index contributed by atoms with van der Waals surface area (Å²) in [7, 11) is 2.56. The molecule has 0 heterocycles. The zero-order valence-electron chi connectivity index (χ0n) is 17.6. The summed E-state index contributed by atoms with van der Waals surface area (Å²) < 4.78 is 8.62. The van der Waals surface area contributed by atoms with Gasteiger partial charge in [-0.2, -0.15) is 0 Å². The molecule has 0 saturated carbocycles. The molecule has 0 spiro atoms. The number of esters is 2. The van der Waals surface area contributed by atoms with Crippen molar-refractivity contribution >= 4 is 23.4 Å². The predicted octanol–water partition coefficient (Wildman–Crippen LogP) is 2.07. The summed E-state index contributed by atoms with van der Waals surface area (Å²) in [6.45, 7) is 3.44. The molecule has 0 aliphatic heterocycles. The second kappa shape index (κ2) is 12.0. The van der Waals surface area contributed by atoms with Crippen molar-refractivity contribution in [1.29, 1.82) is 0 Å². The molecule has 2 rings (SSSR count). The van der Waals surface area contributed by atoms with Gasteiger partial charge in [-0.15, -0.1) is 0 Å². The van der Waals surface area contributed by atoms with Crippen LogP contribution in [-0.2, 0) is 19.1 Å². The fourth-order valence-corrected chi connectivity index (χ4v) is 2.43. The molecule has 0 bridgehead atoms. The van der Waals surface area contributed by atoms with E-state index >= 15 is 0 Å². The zero-order valence-corrected chi connectivity index (χ0v) is 17.6. The van der Waals surface area contributed by atoms with Crippen molar-refractivity contribution < 1.29 is 33.9 Å². The van der Waals surface area contributed by atoms with Crippen molar-refractivity contribution in [3.63, 3.8) is 0 Å². The highest BCUT2D eigenvalue weighted by atomic mass is 16.6. The van der Waals surface area contributed by atoms with Crippen molar-refractivity contribution in [2.24, 2.45) is 0 Å². The largest absolute Gasteiger partial charge is 0.507 e. The maximum absolute atomic E-state index is 12.3. The molecule has 0 saturated heterocycles. The van der Waals surface area contributed by atoms with Gasteiger partial charge >= 0.3 is 11.9 Å². The summed E-state index contributed by atoms with van der Waals surface area (Å²) in [4.78, 5) is 43.4. The molecule has 0 aliphatic carbocycles. The number of ether oxygens (including phenoxy) is 2. The molecular weight excluding hydrogens is 408 g/mol. The van der Waals surface area contributed by atoms with E-state index in [1.165, 1.54) is 38.5 Å². The van der Waals surface area contributed by atoms with Gasteiger partial charge in [0.1, 0.15) is 5.75 Å². The van der Waals surface area contributed by atoms with E-state index in [0.29, 0.717) is 16.7 Å². The zero-order chi connectivity index (χ0) is 23.6. The molecule has 10 heteroatoms. The molecule has 166 valence electrons. The fraction of sp³-hybridized carbons (Fsp3) is 0.286. The van der Waals surface area contributed by atoms with Gasteiger partial charge in [0.2, 0.25) is 0 Å². The van der Waals surface area contributed by atoms with Crippen molar-refractivity contribution in [3.05, 3.63) is 68.8 Å². The van der Waals surface area contributed by atoms with Crippen LogP contribution in [0.5, 0.6) is 5.75 Å². The quantitative estimate of drug-likeness (QED) is 0.291. The summed E-state index contributed by atoms with van der Waals surface area (Å²) >= 11 is 0. The number of nitrogens with zero attached hydrogens (tertiary/aromatic N) is 1.